The first-order chi connectivity index (χ1) is 10.3. The van der Waals surface area contributed by atoms with Crippen molar-refractivity contribution in [3.63, 3.8) is 0 Å². The van der Waals surface area contributed by atoms with Crippen molar-refractivity contribution in [3.05, 3.63) is 0 Å². The van der Waals surface area contributed by atoms with Crippen LogP contribution >= 0.6 is 0 Å². The second-order valence-corrected chi connectivity index (χ2v) is 6.63. The average molecular weight is 295 g/mol. The fourth-order valence-corrected chi connectivity index (χ4v) is 3.98. The maximum absolute atomic E-state index is 12.1. The molecule has 3 fully saturated rings. The number of piperidine rings is 2. The summed E-state index contributed by atoms with van der Waals surface area (Å²) in [5.41, 5.74) is 0. The molecule has 1 amide bonds. The summed E-state index contributed by atoms with van der Waals surface area (Å²) in [5, 5.41) is 6.57. The summed E-state index contributed by atoms with van der Waals surface area (Å²) < 4.78 is 5.81. The van der Waals surface area contributed by atoms with Crippen molar-refractivity contribution in [2.45, 2.75) is 63.1 Å². The number of carbonyl (C=O) groups is 1. The lowest BCUT2D eigenvalue weighted by Crippen LogP contribution is -2.47. The Bertz CT molecular complexity index is 344. The Morgan fingerprint density at radius 3 is 2.86 bits per heavy atom. The zero-order chi connectivity index (χ0) is 14.5. The Kier molecular flexibility index (Phi) is 5.49. The molecule has 0 aromatic carbocycles. The van der Waals surface area contributed by atoms with Crippen molar-refractivity contribution in [1.82, 2.24) is 15.5 Å². The molecule has 3 aliphatic heterocycles. The third kappa shape index (κ3) is 4.18. The zero-order valence-electron chi connectivity index (χ0n) is 13.0. The van der Waals surface area contributed by atoms with E-state index in [-0.39, 0.29) is 5.91 Å². The monoisotopic (exact) mass is 295 g/mol. The standard InChI is InChI=1S/C16H29N3O2/c20-16(7-12-21-13-4-8-17-9-5-13)18-14-6-11-19-10-2-1-3-15(14)19/h13-15,17H,1-12H2,(H,18,20). The van der Waals surface area contributed by atoms with Gasteiger partial charge in [0.2, 0.25) is 5.91 Å². The van der Waals surface area contributed by atoms with E-state index in [0.717, 1.165) is 38.9 Å². The van der Waals surface area contributed by atoms with Gasteiger partial charge in [-0.3, -0.25) is 9.69 Å². The molecule has 3 heterocycles. The molecule has 5 nitrogen and oxygen atoms in total. The molecule has 0 radical (unpaired) electrons. The molecule has 3 rings (SSSR count). The number of nitrogens with one attached hydrogen (secondary N) is 2. The van der Waals surface area contributed by atoms with Gasteiger partial charge < -0.3 is 15.4 Å². The van der Waals surface area contributed by atoms with E-state index in [2.05, 4.69) is 15.5 Å². The SMILES string of the molecule is O=C(CCOC1CCNCC1)NC1CCN2CCCCC12. The Hall–Kier alpha value is -0.650. The number of rotatable bonds is 5. The topological polar surface area (TPSA) is 53.6 Å². The van der Waals surface area contributed by atoms with E-state index in [1.54, 1.807) is 0 Å². The summed E-state index contributed by atoms with van der Waals surface area (Å²) in [4.78, 5) is 14.6. The number of ether oxygens (including phenoxy) is 1. The van der Waals surface area contributed by atoms with E-state index in [9.17, 15) is 4.79 Å². The highest BCUT2D eigenvalue weighted by atomic mass is 16.5. The number of hydrogen-bond donors (Lipinski definition) is 2. The predicted octanol–water partition coefficient (Wildman–Crippen LogP) is 0.888. The van der Waals surface area contributed by atoms with Crippen molar-refractivity contribution in [1.29, 1.82) is 0 Å². The molecule has 0 aromatic rings. The van der Waals surface area contributed by atoms with Gasteiger partial charge in [0.05, 0.1) is 12.7 Å². The van der Waals surface area contributed by atoms with E-state index in [1.165, 1.54) is 25.8 Å². The molecule has 21 heavy (non-hydrogen) atoms. The van der Waals surface area contributed by atoms with Crippen LogP contribution in [0.2, 0.25) is 0 Å². The Labute approximate surface area is 127 Å². The van der Waals surface area contributed by atoms with E-state index >= 15 is 0 Å². The van der Waals surface area contributed by atoms with Crippen LogP contribution in [0.15, 0.2) is 0 Å². The molecule has 0 bridgehead atoms. The van der Waals surface area contributed by atoms with Gasteiger partial charge in [-0.05, 0) is 51.7 Å². The zero-order valence-corrected chi connectivity index (χ0v) is 13.0. The summed E-state index contributed by atoms with van der Waals surface area (Å²) in [6.45, 7) is 5.02. The molecule has 0 saturated carbocycles. The van der Waals surface area contributed by atoms with Crippen LogP contribution < -0.4 is 10.6 Å². The number of hydrogen-bond acceptors (Lipinski definition) is 4. The van der Waals surface area contributed by atoms with E-state index in [4.69, 9.17) is 4.74 Å². The molecule has 2 N–H and O–H groups in total. The number of amides is 1. The molecular formula is C16H29N3O2. The van der Waals surface area contributed by atoms with Crippen molar-refractivity contribution in [2.24, 2.45) is 0 Å². The Balaban J connectivity index is 1.34. The fourth-order valence-electron chi connectivity index (χ4n) is 3.98. The van der Waals surface area contributed by atoms with Gasteiger partial charge in [0, 0.05) is 25.0 Å². The van der Waals surface area contributed by atoms with Crippen LogP contribution in [-0.2, 0) is 9.53 Å². The molecule has 5 heteroatoms. The van der Waals surface area contributed by atoms with Crippen LogP contribution in [0.3, 0.4) is 0 Å². The van der Waals surface area contributed by atoms with Gasteiger partial charge in [0.25, 0.3) is 0 Å². The van der Waals surface area contributed by atoms with Crippen LogP contribution in [0.25, 0.3) is 0 Å². The van der Waals surface area contributed by atoms with Gasteiger partial charge in [0.1, 0.15) is 0 Å². The Morgan fingerprint density at radius 2 is 2.00 bits per heavy atom. The summed E-state index contributed by atoms with van der Waals surface area (Å²) >= 11 is 0. The molecule has 2 unspecified atom stereocenters. The first-order valence-corrected chi connectivity index (χ1v) is 8.68. The molecule has 3 saturated heterocycles. The van der Waals surface area contributed by atoms with Gasteiger partial charge in [-0.1, -0.05) is 6.42 Å². The summed E-state index contributed by atoms with van der Waals surface area (Å²) in [6.07, 6.45) is 7.99. The predicted molar refractivity (Wildman–Crippen MR) is 82.2 cm³/mol. The minimum Gasteiger partial charge on any atom is -0.378 e. The van der Waals surface area contributed by atoms with Crippen LogP contribution in [0.4, 0.5) is 0 Å². The third-order valence-corrected chi connectivity index (χ3v) is 5.17. The highest BCUT2D eigenvalue weighted by molar-refractivity contribution is 5.76. The van der Waals surface area contributed by atoms with Gasteiger partial charge >= 0.3 is 0 Å². The quantitative estimate of drug-likeness (QED) is 0.791. The maximum Gasteiger partial charge on any atom is 0.222 e. The van der Waals surface area contributed by atoms with Crippen molar-refractivity contribution >= 4 is 5.91 Å². The molecule has 0 spiro atoms. The summed E-state index contributed by atoms with van der Waals surface area (Å²) in [7, 11) is 0. The van der Waals surface area contributed by atoms with E-state index in [0.29, 0.717) is 31.2 Å². The largest absolute Gasteiger partial charge is 0.378 e. The minimum absolute atomic E-state index is 0.168. The first-order valence-electron chi connectivity index (χ1n) is 8.68. The summed E-state index contributed by atoms with van der Waals surface area (Å²) in [6, 6.07) is 0.963. The minimum atomic E-state index is 0.168. The van der Waals surface area contributed by atoms with Crippen molar-refractivity contribution < 1.29 is 9.53 Å². The molecular weight excluding hydrogens is 266 g/mol. The molecule has 120 valence electrons. The van der Waals surface area contributed by atoms with Gasteiger partial charge in [-0.15, -0.1) is 0 Å². The van der Waals surface area contributed by atoms with Gasteiger partial charge in [-0.2, -0.15) is 0 Å². The van der Waals surface area contributed by atoms with Crippen molar-refractivity contribution in [3.8, 4) is 0 Å². The summed E-state index contributed by atoms with van der Waals surface area (Å²) in [5.74, 6) is 0.168. The number of fused-ring (bicyclic) bond motifs is 1. The normalized spacial score (nSPS) is 31.0. The highest BCUT2D eigenvalue weighted by Crippen LogP contribution is 2.27. The second-order valence-electron chi connectivity index (χ2n) is 6.63. The van der Waals surface area contributed by atoms with Crippen LogP contribution in [0.1, 0.15) is 44.9 Å². The molecule has 3 aliphatic rings. The fraction of sp³-hybridized carbons (Fsp3) is 0.938. The smallest absolute Gasteiger partial charge is 0.222 e. The highest BCUT2D eigenvalue weighted by Gasteiger charge is 2.36. The molecule has 0 aliphatic carbocycles. The van der Waals surface area contributed by atoms with E-state index < -0.39 is 0 Å². The van der Waals surface area contributed by atoms with Gasteiger partial charge in [0.15, 0.2) is 0 Å². The Morgan fingerprint density at radius 1 is 1.14 bits per heavy atom. The number of nitrogens with zero attached hydrogens (tertiary/aromatic N) is 1. The van der Waals surface area contributed by atoms with Crippen LogP contribution in [0, 0.1) is 0 Å². The lowest BCUT2D eigenvalue weighted by atomic mass is 9.99. The second kappa shape index (κ2) is 7.56. The van der Waals surface area contributed by atoms with Crippen LogP contribution in [-0.4, -0.2) is 61.8 Å². The first kappa shape index (κ1) is 15.3. The lowest BCUT2D eigenvalue weighted by molar-refractivity contribution is -0.123. The third-order valence-electron chi connectivity index (χ3n) is 5.17. The van der Waals surface area contributed by atoms with Crippen molar-refractivity contribution in [2.75, 3.05) is 32.8 Å². The maximum atomic E-state index is 12.1. The molecule has 0 aromatic heterocycles. The van der Waals surface area contributed by atoms with Crippen LogP contribution in [0.5, 0.6) is 0 Å². The molecule has 2 atom stereocenters. The average Bonchev–Trinajstić information content (AvgIpc) is 2.92. The lowest BCUT2D eigenvalue weighted by Gasteiger charge is -2.32. The van der Waals surface area contributed by atoms with E-state index in [1.807, 2.05) is 0 Å². The number of carbonyl (C=O) groups excluding carboxylic acids is 1. The van der Waals surface area contributed by atoms with Gasteiger partial charge in [-0.25, -0.2) is 0 Å².